The molecule has 1 spiro atoms. The van der Waals surface area contributed by atoms with Gasteiger partial charge in [-0.1, -0.05) is 64.5 Å². The second kappa shape index (κ2) is 16.3. The Labute approximate surface area is 314 Å². The third-order valence-corrected chi connectivity index (χ3v) is 12.8. The van der Waals surface area contributed by atoms with Gasteiger partial charge in [0.2, 0.25) is 0 Å². The summed E-state index contributed by atoms with van der Waals surface area (Å²) in [6.45, 7) is 13.8. The molecular weight excluding hydrogens is 684 g/mol. The highest BCUT2D eigenvalue weighted by atomic mass is 16.7. The van der Waals surface area contributed by atoms with Gasteiger partial charge in [0.1, 0.15) is 35.9 Å². The maximum Gasteiger partial charge on any atom is 0.316 e. The van der Waals surface area contributed by atoms with Crippen molar-refractivity contribution in [1.29, 1.82) is 0 Å². The molecule has 5 heterocycles. The summed E-state index contributed by atoms with van der Waals surface area (Å²) in [6, 6.07) is 0. The number of hydrogen-bond donors (Lipinski definition) is 4. The molecule has 1 aliphatic carbocycles. The summed E-state index contributed by atoms with van der Waals surface area (Å²) in [5, 5.41) is 45.5. The van der Waals surface area contributed by atoms with Crippen LogP contribution in [0.1, 0.15) is 87.0 Å². The van der Waals surface area contributed by atoms with E-state index in [0.29, 0.717) is 30.4 Å². The zero-order valence-corrected chi connectivity index (χ0v) is 32.6. The topological polar surface area (TPSA) is 163 Å². The molecule has 0 aromatic carbocycles. The van der Waals surface area contributed by atoms with Gasteiger partial charge in [-0.3, -0.25) is 4.79 Å². The van der Waals surface area contributed by atoms with Crippen LogP contribution in [0.25, 0.3) is 0 Å². The van der Waals surface area contributed by atoms with Crippen LogP contribution in [0, 0.1) is 23.7 Å². The number of aliphatic hydroxyl groups excluding tert-OH is 3. The van der Waals surface area contributed by atoms with Gasteiger partial charge in [-0.25, -0.2) is 0 Å². The van der Waals surface area contributed by atoms with Crippen LogP contribution >= 0.6 is 0 Å². The molecule has 4 N–H and O–H groups in total. The van der Waals surface area contributed by atoms with Gasteiger partial charge in [0.25, 0.3) is 0 Å². The first-order valence-corrected chi connectivity index (χ1v) is 19.6. The van der Waals surface area contributed by atoms with Crippen molar-refractivity contribution in [3.8, 4) is 0 Å². The van der Waals surface area contributed by atoms with Crippen LogP contribution in [0.3, 0.4) is 0 Å². The van der Waals surface area contributed by atoms with Crippen LogP contribution in [0.4, 0.5) is 0 Å². The molecule has 298 valence electrons. The van der Waals surface area contributed by atoms with Crippen molar-refractivity contribution in [1.82, 2.24) is 0 Å². The van der Waals surface area contributed by atoms with Gasteiger partial charge < -0.3 is 53.6 Å². The largest absolute Gasteiger partial charge is 0.462 e. The van der Waals surface area contributed by atoms with Crippen molar-refractivity contribution >= 4 is 5.97 Å². The lowest BCUT2D eigenvalue weighted by Gasteiger charge is -2.52. The van der Waals surface area contributed by atoms with E-state index in [1.807, 2.05) is 32.9 Å². The van der Waals surface area contributed by atoms with Gasteiger partial charge >= 0.3 is 5.97 Å². The maximum atomic E-state index is 14.2. The Bertz CT molecular complexity index is 1440. The van der Waals surface area contributed by atoms with Gasteiger partial charge in [-0.15, -0.1) is 0 Å². The molecule has 12 heteroatoms. The van der Waals surface area contributed by atoms with Crippen LogP contribution in [0.5, 0.6) is 0 Å². The summed E-state index contributed by atoms with van der Waals surface area (Å²) < 4.78 is 44.3. The van der Waals surface area contributed by atoms with E-state index in [9.17, 15) is 25.2 Å². The first-order chi connectivity index (χ1) is 25.1. The summed E-state index contributed by atoms with van der Waals surface area (Å²) in [5.74, 6) is -3.06. The zero-order valence-electron chi connectivity index (χ0n) is 32.6. The van der Waals surface area contributed by atoms with Crippen molar-refractivity contribution in [2.75, 3.05) is 13.7 Å². The van der Waals surface area contributed by atoms with E-state index in [4.69, 9.17) is 33.2 Å². The minimum Gasteiger partial charge on any atom is -0.462 e. The quantitative estimate of drug-likeness (QED) is 0.237. The Hall–Kier alpha value is -1.97. The smallest absolute Gasteiger partial charge is 0.316 e. The Morgan fingerprint density at radius 3 is 2.51 bits per heavy atom. The Morgan fingerprint density at radius 2 is 1.79 bits per heavy atom. The van der Waals surface area contributed by atoms with E-state index in [1.165, 1.54) is 0 Å². The van der Waals surface area contributed by atoms with Gasteiger partial charge in [-0.05, 0) is 49.8 Å². The highest BCUT2D eigenvalue weighted by Crippen LogP contribution is 2.48. The Morgan fingerprint density at radius 1 is 1.04 bits per heavy atom. The number of ether oxygens (including phenoxy) is 7. The predicted octanol–water partition coefficient (Wildman–Crippen LogP) is 4.04. The summed E-state index contributed by atoms with van der Waals surface area (Å²) in [5.41, 5.74) is 0.0738. The summed E-state index contributed by atoms with van der Waals surface area (Å²) in [6.07, 6.45) is 4.78. The first-order valence-electron chi connectivity index (χ1n) is 19.6. The van der Waals surface area contributed by atoms with Crippen LogP contribution in [-0.4, -0.2) is 119 Å². The van der Waals surface area contributed by atoms with E-state index in [0.717, 1.165) is 12.0 Å². The molecule has 0 amide bonds. The molecule has 5 aliphatic heterocycles. The SMILES string of the molecule is CCC(C)[C@H]1O[C@@]2(C[C@@H]3C[C@@H](C/C=C(\C)[C@@H](O[C@H]4C[C@H](OC)[C@@H](O)[C@H](C)O4)[C@@H](C)/C=C/C=C4\CO[C@@H]5[C@H](O)C(C)=C[C@@H](C(=O)O3)[C@]45O)O2)C[C@H](O)[C@@H]1C. The standard InChI is InChI=1S/C41H62O12/c1-9-21(2)37-25(6)31(42)19-40(53-37)18-29-16-28(52-40)14-13-23(4)36(51-33-17-32(47-8)35(44)26(7)49-33)22(3)11-10-12-27-20-48-38-34(43)24(5)15-30(39(45)50-29)41(27,38)46/h10-13,15,21-22,25-26,28-38,42-44,46H,9,14,16-20H2,1-8H3/b11-10+,23-13+,27-12+/t21?,22-,25-,26-,28+,29-,30-,31-,32-,33-,34+,35-,36-,37+,38+,40-,41+/m0/s1. The average molecular weight is 747 g/mol. The van der Waals surface area contributed by atoms with Gasteiger partial charge in [0.05, 0.1) is 43.2 Å². The zero-order chi connectivity index (χ0) is 38.4. The number of fused-ring (bicyclic) bond motifs is 2. The highest BCUT2D eigenvalue weighted by Gasteiger charge is 2.60. The van der Waals surface area contributed by atoms with Crippen molar-refractivity contribution in [2.24, 2.45) is 23.7 Å². The van der Waals surface area contributed by atoms with Crippen molar-refractivity contribution in [3.05, 3.63) is 47.1 Å². The molecule has 6 rings (SSSR count). The maximum absolute atomic E-state index is 14.2. The molecule has 4 saturated heterocycles. The number of esters is 1. The molecular formula is C41H62O12. The molecule has 17 atom stereocenters. The molecule has 0 aromatic rings. The molecule has 1 unspecified atom stereocenters. The second-order valence-corrected chi connectivity index (χ2v) is 16.6. The number of rotatable bonds is 5. The van der Waals surface area contributed by atoms with E-state index in [2.05, 4.69) is 19.9 Å². The molecule has 0 saturated carbocycles. The van der Waals surface area contributed by atoms with Crippen LogP contribution in [0.15, 0.2) is 47.1 Å². The fourth-order valence-corrected chi connectivity index (χ4v) is 9.29. The van der Waals surface area contributed by atoms with Crippen LogP contribution in [0.2, 0.25) is 0 Å². The average Bonchev–Trinajstić information content (AvgIpc) is 3.46. The number of carbonyl (C=O) groups is 1. The van der Waals surface area contributed by atoms with Gasteiger partial charge in [0.15, 0.2) is 12.1 Å². The monoisotopic (exact) mass is 746 g/mol. The van der Waals surface area contributed by atoms with E-state index in [-0.39, 0.29) is 43.3 Å². The molecule has 6 aliphatic rings. The number of aliphatic hydroxyl groups is 4. The Balaban J connectivity index is 1.39. The summed E-state index contributed by atoms with van der Waals surface area (Å²) >= 11 is 0. The van der Waals surface area contributed by atoms with E-state index < -0.39 is 84.5 Å². The van der Waals surface area contributed by atoms with Crippen LogP contribution < -0.4 is 0 Å². The molecule has 2 bridgehead atoms. The first kappa shape index (κ1) is 40.7. The lowest BCUT2D eigenvalue weighted by atomic mass is 9.71. The highest BCUT2D eigenvalue weighted by molar-refractivity contribution is 5.78. The van der Waals surface area contributed by atoms with Crippen molar-refractivity contribution in [2.45, 2.75) is 166 Å². The fraction of sp³-hybridized carbons (Fsp3) is 0.780. The summed E-state index contributed by atoms with van der Waals surface area (Å²) in [7, 11) is 1.57. The predicted molar refractivity (Wildman–Crippen MR) is 194 cm³/mol. The summed E-state index contributed by atoms with van der Waals surface area (Å²) in [4.78, 5) is 14.2. The molecule has 12 nitrogen and oxygen atoms in total. The van der Waals surface area contributed by atoms with Crippen molar-refractivity contribution in [3.63, 3.8) is 0 Å². The molecule has 0 aromatic heterocycles. The molecule has 4 fully saturated rings. The normalized spacial score (nSPS) is 49.8. The minimum atomic E-state index is -1.84. The second-order valence-electron chi connectivity index (χ2n) is 16.6. The van der Waals surface area contributed by atoms with Gasteiger partial charge in [0, 0.05) is 44.6 Å². The van der Waals surface area contributed by atoms with Crippen LogP contribution in [-0.2, 0) is 38.0 Å². The number of allylic oxidation sites excluding steroid dienone is 2. The Kier molecular flexibility index (Phi) is 12.5. The number of carbonyl (C=O) groups excluding carboxylic acids is 1. The van der Waals surface area contributed by atoms with Gasteiger partial charge in [-0.2, -0.15) is 0 Å². The lowest BCUT2D eigenvalue weighted by molar-refractivity contribution is -0.354. The molecule has 53 heavy (non-hydrogen) atoms. The third kappa shape index (κ3) is 8.01. The number of hydrogen-bond acceptors (Lipinski definition) is 12. The minimum absolute atomic E-state index is 0.0264. The molecule has 0 radical (unpaired) electrons. The fourth-order valence-electron chi connectivity index (χ4n) is 9.29. The van der Waals surface area contributed by atoms with Crippen molar-refractivity contribution < 1.29 is 58.4 Å². The van der Waals surface area contributed by atoms with E-state index >= 15 is 0 Å². The number of methoxy groups -OCH3 is 1. The van der Waals surface area contributed by atoms with E-state index in [1.54, 1.807) is 33.1 Å². The lowest BCUT2D eigenvalue weighted by Crippen LogP contribution is -2.60. The third-order valence-electron chi connectivity index (χ3n) is 12.8.